The number of nitrogens with zero attached hydrogens (tertiary/aromatic N) is 1. The van der Waals surface area contributed by atoms with E-state index in [1.807, 2.05) is 11.8 Å². The van der Waals surface area contributed by atoms with E-state index >= 15 is 0 Å². The molecule has 1 fully saturated rings. The van der Waals surface area contributed by atoms with Gasteiger partial charge in [-0.05, 0) is 24.1 Å². The molecule has 1 aromatic rings. The largest absolute Gasteiger partial charge is 0.416 e. The number of benzene rings is 1. The smallest absolute Gasteiger partial charge is 0.314 e. The number of piperazine rings is 1. The van der Waals surface area contributed by atoms with Gasteiger partial charge >= 0.3 is 6.18 Å². The second-order valence-corrected chi connectivity index (χ2v) is 4.94. The molecule has 1 atom stereocenters. The van der Waals surface area contributed by atoms with Crippen LogP contribution in [0.25, 0.3) is 0 Å². The highest BCUT2D eigenvalue weighted by molar-refractivity contribution is 5.85. The Hall–Kier alpha value is -0.560. The van der Waals surface area contributed by atoms with Crippen LogP contribution in [0.4, 0.5) is 17.6 Å². The summed E-state index contributed by atoms with van der Waals surface area (Å²) in [5.74, 6) is -0.851. The fourth-order valence-corrected chi connectivity index (χ4v) is 2.73. The molecule has 1 aliphatic heterocycles. The van der Waals surface area contributed by atoms with Gasteiger partial charge in [0.2, 0.25) is 0 Å². The molecule has 1 saturated heterocycles. The lowest BCUT2D eigenvalue weighted by molar-refractivity contribution is -0.139. The van der Waals surface area contributed by atoms with Crippen molar-refractivity contribution in [3.05, 3.63) is 35.1 Å². The van der Waals surface area contributed by atoms with Crippen molar-refractivity contribution in [1.29, 1.82) is 0 Å². The van der Waals surface area contributed by atoms with Gasteiger partial charge < -0.3 is 5.32 Å². The van der Waals surface area contributed by atoms with E-state index in [1.165, 1.54) is 6.07 Å². The molecule has 8 heteroatoms. The van der Waals surface area contributed by atoms with E-state index in [0.29, 0.717) is 25.6 Å². The normalized spacial score (nSPS) is 17.3. The van der Waals surface area contributed by atoms with E-state index in [0.717, 1.165) is 19.2 Å². The highest BCUT2D eigenvalue weighted by Gasteiger charge is 2.36. The topological polar surface area (TPSA) is 15.3 Å². The Morgan fingerprint density at radius 2 is 1.77 bits per heavy atom. The minimum absolute atomic E-state index is 0. The first kappa shape index (κ1) is 21.4. The van der Waals surface area contributed by atoms with Gasteiger partial charge in [-0.1, -0.05) is 13.0 Å². The molecule has 2 rings (SSSR count). The van der Waals surface area contributed by atoms with E-state index in [2.05, 4.69) is 5.32 Å². The molecule has 0 spiro atoms. The van der Waals surface area contributed by atoms with Crippen LogP contribution in [0.1, 0.15) is 30.5 Å². The van der Waals surface area contributed by atoms with Gasteiger partial charge in [0, 0.05) is 32.2 Å². The van der Waals surface area contributed by atoms with Crippen LogP contribution >= 0.6 is 24.8 Å². The number of nitrogens with one attached hydrogen (secondary N) is 1. The molecular weight excluding hydrogens is 343 g/mol. The summed E-state index contributed by atoms with van der Waals surface area (Å²) in [4.78, 5) is 2.03. The summed E-state index contributed by atoms with van der Waals surface area (Å²) in [6.07, 6.45) is -3.96. The minimum atomic E-state index is -4.53. The van der Waals surface area contributed by atoms with Gasteiger partial charge in [-0.2, -0.15) is 13.2 Å². The molecule has 0 amide bonds. The zero-order valence-corrected chi connectivity index (χ0v) is 13.8. The molecule has 1 heterocycles. The molecule has 0 saturated carbocycles. The van der Waals surface area contributed by atoms with Gasteiger partial charge in [-0.15, -0.1) is 24.8 Å². The van der Waals surface area contributed by atoms with Crippen molar-refractivity contribution in [2.75, 3.05) is 26.2 Å². The van der Waals surface area contributed by atoms with Crippen LogP contribution in [0.2, 0.25) is 0 Å². The second kappa shape index (κ2) is 8.91. The average molecular weight is 363 g/mol. The number of hydrogen-bond acceptors (Lipinski definition) is 2. The molecule has 0 aromatic heterocycles. The van der Waals surface area contributed by atoms with Crippen LogP contribution in [0.5, 0.6) is 0 Å². The summed E-state index contributed by atoms with van der Waals surface area (Å²) < 4.78 is 52.4. The Morgan fingerprint density at radius 3 is 2.27 bits per heavy atom. The van der Waals surface area contributed by atoms with Crippen LogP contribution in [0.3, 0.4) is 0 Å². The van der Waals surface area contributed by atoms with E-state index in [4.69, 9.17) is 0 Å². The number of rotatable bonds is 3. The first-order valence-electron chi connectivity index (χ1n) is 6.75. The monoisotopic (exact) mass is 362 g/mol. The summed E-state index contributed by atoms with van der Waals surface area (Å²) in [6, 6.07) is 2.65. The van der Waals surface area contributed by atoms with Crippen LogP contribution in [-0.2, 0) is 6.18 Å². The van der Waals surface area contributed by atoms with Crippen molar-refractivity contribution in [2.24, 2.45) is 0 Å². The lowest BCUT2D eigenvalue weighted by Crippen LogP contribution is -2.45. The van der Waals surface area contributed by atoms with E-state index in [1.54, 1.807) is 0 Å². The van der Waals surface area contributed by atoms with Crippen molar-refractivity contribution in [3.8, 4) is 0 Å². The van der Waals surface area contributed by atoms with Crippen molar-refractivity contribution >= 4 is 24.8 Å². The number of hydrogen-bond donors (Lipinski definition) is 1. The Labute approximate surface area is 140 Å². The predicted octanol–water partition coefficient (Wildman–Crippen LogP) is 4.04. The highest BCUT2D eigenvalue weighted by atomic mass is 35.5. The molecule has 2 nitrogen and oxygen atoms in total. The second-order valence-electron chi connectivity index (χ2n) is 4.94. The maximum atomic E-state index is 13.2. The molecule has 0 radical (unpaired) electrons. The third kappa shape index (κ3) is 4.98. The first-order valence-corrected chi connectivity index (χ1v) is 6.75. The molecule has 0 aliphatic carbocycles. The van der Waals surface area contributed by atoms with Crippen molar-refractivity contribution < 1.29 is 17.6 Å². The zero-order valence-electron chi connectivity index (χ0n) is 12.1. The lowest BCUT2D eigenvalue weighted by Gasteiger charge is -2.35. The van der Waals surface area contributed by atoms with Crippen LogP contribution in [-0.4, -0.2) is 31.1 Å². The Balaban J connectivity index is 0.00000220. The van der Waals surface area contributed by atoms with Gasteiger partial charge in [0.15, 0.2) is 0 Å². The summed E-state index contributed by atoms with van der Waals surface area (Å²) in [6.45, 7) is 4.79. The molecule has 1 aromatic carbocycles. The van der Waals surface area contributed by atoms with Gasteiger partial charge in [-0.25, -0.2) is 4.39 Å². The molecule has 1 N–H and O–H groups in total. The van der Waals surface area contributed by atoms with Crippen molar-refractivity contribution in [2.45, 2.75) is 25.6 Å². The molecule has 1 aliphatic rings. The van der Waals surface area contributed by atoms with Gasteiger partial charge in [-0.3, -0.25) is 4.90 Å². The van der Waals surface area contributed by atoms with E-state index in [9.17, 15) is 17.6 Å². The van der Waals surface area contributed by atoms with Crippen molar-refractivity contribution in [1.82, 2.24) is 10.2 Å². The molecule has 128 valence electrons. The Kier molecular flexibility index (Phi) is 8.69. The first-order chi connectivity index (χ1) is 9.43. The number of halogens is 6. The summed E-state index contributed by atoms with van der Waals surface area (Å²) in [5.41, 5.74) is -0.689. The average Bonchev–Trinajstić information content (AvgIpc) is 2.41. The molecular formula is C14H20Cl2F4N2. The highest BCUT2D eigenvalue weighted by Crippen LogP contribution is 2.38. The molecule has 0 unspecified atom stereocenters. The zero-order chi connectivity index (χ0) is 14.8. The maximum Gasteiger partial charge on any atom is 0.416 e. The van der Waals surface area contributed by atoms with Gasteiger partial charge in [0.25, 0.3) is 0 Å². The van der Waals surface area contributed by atoms with Crippen molar-refractivity contribution in [3.63, 3.8) is 0 Å². The quantitative estimate of drug-likeness (QED) is 0.816. The minimum Gasteiger partial charge on any atom is -0.314 e. The lowest BCUT2D eigenvalue weighted by atomic mass is 9.96. The van der Waals surface area contributed by atoms with Gasteiger partial charge in [0.1, 0.15) is 5.82 Å². The summed E-state index contributed by atoms with van der Waals surface area (Å²) in [7, 11) is 0. The third-order valence-electron chi connectivity index (χ3n) is 3.66. The van der Waals surface area contributed by atoms with Gasteiger partial charge in [0.05, 0.1) is 5.56 Å². The molecule has 0 bridgehead atoms. The SMILES string of the molecule is CC[C@H](c1ccc(F)cc1C(F)(F)F)N1CCNCC1.Cl.Cl. The van der Waals surface area contributed by atoms with E-state index in [-0.39, 0.29) is 36.4 Å². The summed E-state index contributed by atoms with van der Waals surface area (Å²) in [5, 5.41) is 3.18. The van der Waals surface area contributed by atoms with Crippen LogP contribution in [0.15, 0.2) is 18.2 Å². The maximum absolute atomic E-state index is 13.2. The predicted molar refractivity (Wildman–Crippen MR) is 83.4 cm³/mol. The fourth-order valence-electron chi connectivity index (χ4n) is 2.73. The Morgan fingerprint density at radius 1 is 1.18 bits per heavy atom. The molecule has 22 heavy (non-hydrogen) atoms. The Bertz CT molecular complexity index is 463. The van der Waals surface area contributed by atoms with Crippen LogP contribution in [0, 0.1) is 5.82 Å². The fraction of sp³-hybridized carbons (Fsp3) is 0.571. The third-order valence-corrected chi connectivity index (χ3v) is 3.66. The number of alkyl halides is 3. The summed E-state index contributed by atoms with van der Waals surface area (Å²) >= 11 is 0. The van der Waals surface area contributed by atoms with Crippen LogP contribution < -0.4 is 5.32 Å². The standard InChI is InChI=1S/C14H18F4N2.2ClH/c1-2-13(20-7-5-19-6-8-20)11-4-3-10(15)9-12(11)14(16,17)18;;/h3-4,9,13,19H,2,5-8H2,1H3;2*1H/t13-;;/m1../s1. The van der Waals surface area contributed by atoms with E-state index < -0.39 is 17.6 Å².